The molecule has 6 heteroatoms. The third-order valence-electron chi connectivity index (χ3n) is 4.86. The molecular weight excluding hydrogens is 404 g/mol. The Kier molecular flexibility index (Phi) is 9.45. The summed E-state index contributed by atoms with van der Waals surface area (Å²) < 4.78 is 0. The van der Waals surface area contributed by atoms with E-state index in [1.807, 2.05) is 61.2 Å². The molecule has 2 N–H and O–H groups in total. The van der Waals surface area contributed by atoms with Crippen molar-refractivity contribution in [1.29, 1.82) is 0 Å². The van der Waals surface area contributed by atoms with E-state index in [9.17, 15) is 9.59 Å². The molecule has 0 aliphatic carbocycles. The minimum absolute atomic E-state index is 0. The van der Waals surface area contributed by atoms with E-state index < -0.39 is 0 Å². The number of carbonyl (C=O) groups is 2. The molecule has 1 saturated heterocycles. The number of carbonyl (C=O) groups excluding carboxylic acids is 2. The molecule has 2 aromatic rings. The van der Waals surface area contributed by atoms with Crippen molar-refractivity contribution in [3.05, 3.63) is 71.3 Å². The zero-order chi connectivity index (χ0) is 19.8. The third-order valence-corrected chi connectivity index (χ3v) is 5.85. The Morgan fingerprint density at radius 2 is 1.83 bits per heavy atom. The Balaban J connectivity index is 0.00000300. The van der Waals surface area contributed by atoms with Crippen LogP contribution in [0.25, 0.3) is 6.08 Å². The molecule has 1 heterocycles. The van der Waals surface area contributed by atoms with Gasteiger partial charge in [0.25, 0.3) is 0 Å². The molecule has 4 nitrogen and oxygen atoms in total. The summed E-state index contributed by atoms with van der Waals surface area (Å²) in [6.07, 6.45) is 3.84. The van der Waals surface area contributed by atoms with Crippen molar-refractivity contribution in [2.24, 2.45) is 0 Å². The average molecular weight is 431 g/mol. The molecule has 1 fully saturated rings. The van der Waals surface area contributed by atoms with Crippen molar-refractivity contribution < 1.29 is 26.9 Å². The quantitative estimate of drug-likeness (QED) is 0.474. The summed E-state index contributed by atoms with van der Waals surface area (Å²) in [7, 11) is 0. The number of halogens is 1. The lowest BCUT2D eigenvalue weighted by Gasteiger charge is -2.22. The van der Waals surface area contributed by atoms with E-state index in [1.165, 1.54) is 28.0 Å². The van der Waals surface area contributed by atoms with E-state index in [0.29, 0.717) is 17.7 Å². The van der Waals surface area contributed by atoms with E-state index in [4.69, 9.17) is 0 Å². The van der Waals surface area contributed by atoms with Gasteiger partial charge in [0, 0.05) is 28.8 Å². The molecule has 0 aromatic heterocycles. The van der Waals surface area contributed by atoms with E-state index in [2.05, 4.69) is 5.32 Å². The number of thioether (sulfide) groups is 1. The van der Waals surface area contributed by atoms with Crippen LogP contribution in [0.1, 0.15) is 27.9 Å². The first-order chi connectivity index (χ1) is 13.6. The molecule has 2 aromatic carbocycles. The molecule has 0 radical (unpaired) electrons. The summed E-state index contributed by atoms with van der Waals surface area (Å²) in [6, 6.07) is 15.2. The maximum absolute atomic E-state index is 12.5. The second-order valence-electron chi connectivity index (χ2n) is 7.10. The molecule has 1 aliphatic heterocycles. The van der Waals surface area contributed by atoms with Crippen LogP contribution in [0.5, 0.6) is 0 Å². The topological polar surface area (TPSA) is 50.6 Å². The van der Waals surface area contributed by atoms with Crippen molar-refractivity contribution in [2.45, 2.75) is 13.3 Å². The van der Waals surface area contributed by atoms with Gasteiger partial charge in [-0.2, -0.15) is 11.8 Å². The number of nitrogens with one attached hydrogen (secondary N) is 2. The maximum Gasteiger partial charge on any atom is 0.248 e. The van der Waals surface area contributed by atoms with E-state index in [0.717, 1.165) is 25.2 Å². The molecule has 0 saturated carbocycles. The van der Waals surface area contributed by atoms with E-state index in [-0.39, 0.29) is 24.1 Å². The number of hydrogen-bond acceptors (Lipinski definition) is 3. The maximum atomic E-state index is 12.5. The molecule has 3 rings (SSSR count). The van der Waals surface area contributed by atoms with Gasteiger partial charge in [0.2, 0.25) is 5.91 Å². The first-order valence-electron chi connectivity index (χ1n) is 9.70. The molecule has 0 spiro atoms. The predicted molar refractivity (Wildman–Crippen MR) is 117 cm³/mol. The fraction of sp³-hybridized carbons (Fsp3) is 0.304. The zero-order valence-electron chi connectivity index (χ0n) is 16.6. The van der Waals surface area contributed by atoms with Gasteiger partial charge in [-0.05, 0) is 30.7 Å². The molecule has 0 atom stereocenters. The van der Waals surface area contributed by atoms with Gasteiger partial charge in [0.15, 0.2) is 5.78 Å². The number of aryl methyl sites for hydroxylation is 1. The van der Waals surface area contributed by atoms with E-state index in [1.54, 1.807) is 12.1 Å². The second kappa shape index (κ2) is 11.8. The Morgan fingerprint density at radius 1 is 1.10 bits per heavy atom. The summed E-state index contributed by atoms with van der Waals surface area (Å²) in [5, 5.41) is 2.84. The Morgan fingerprint density at radius 3 is 2.55 bits per heavy atom. The lowest BCUT2D eigenvalue weighted by atomic mass is 10.1. The first-order valence-corrected chi connectivity index (χ1v) is 10.9. The molecule has 0 bridgehead atoms. The van der Waals surface area contributed by atoms with Crippen molar-refractivity contribution in [2.75, 3.05) is 36.5 Å². The van der Waals surface area contributed by atoms with Crippen LogP contribution in [0.15, 0.2) is 54.6 Å². The lowest BCUT2D eigenvalue weighted by molar-refractivity contribution is -0.895. The number of Topliss-reactive ketones (excluding diaryl/α,β-unsaturated/α-hetero) is 1. The van der Waals surface area contributed by atoms with Crippen LogP contribution >= 0.6 is 11.8 Å². The van der Waals surface area contributed by atoms with Crippen molar-refractivity contribution in [3.8, 4) is 0 Å². The van der Waals surface area contributed by atoms with Gasteiger partial charge in [-0.25, -0.2) is 0 Å². The highest BCUT2D eigenvalue weighted by atomic mass is 35.5. The Bertz CT molecular complexity index is 846. The SMILES string of the molecule is Cc1ccc(/C=C/C(=O)Nc2cccc(C(=O)CC[NH+]3CCSCC3)c2)cc1.[Cl-]. The fourth-order valence-corrected chi connectivity index (χ4v) is 4.22. The molecule has 1 amide bonds. The number of hydrogen-bond donors (Lipinski definition) is 2. The number of rotatable bonds is 7. The van der Waals surface area contributed by atoms with Crippen LogP contribution in [0.4, 0.5) is 5.69 Å². The zero-order valence-corrected chi connectivity index (χ0v) is 18.2. The minimum atomic E-state index is -0.208. The summed E-state index contributed by atoms with van der Waals surface area (Å²) >= 11 is 1.99. The highest BCUT2D eigenvalue weighted by Gasteiger charge is 2.16. The molecule has 29 heavy (non-hydrogen) atoms. The number of anilines is 1. The normalized spacial score (nSPS) is 14.4. The molecule has 154 valence electrons. The first kappa shape index (κ1) is 23.2. The lowest BCUT2D eigenvalue weighted by Crippen LogP contribution is -3.13. The highest BCUT2D eigenvalue weighted by Crippen LogP contribution is 2.13. The van der Waals surface area contributed by atoms with Crippen LogP contribution < -0.4 is 22.6 Å². The van der Waals surface area contributed by atoms with E-state index >= 15 is 0 Å². The highest BCUT2D eigenvalue weighted by molar-refractivity contribution is 7.99. The number of benzene rings is 2. The van der Waals surface area contributed by atoms with Gasteiger partial charge in [-0.15, -0.1) is 0 Å². The summed E-state index contributed by atoms with van der Waals surface area (Å²) in [5.74, 6) is 2.29. The average Bonchev–Trinajstić information content (AvgIpc) is 2.72. The fourth-order valence-electron chi connectivity index (χ4n) is 3.15. The molecular formula is C23H27ClN2O2S. The Hall–Kier alpha value is -2.08. The summed E-state index contributed by atoms with van der Waals surface area (Å²) in [5.41, 5.74) is 3.46. The van der Waals surface area contributed by atoms with Crippen LogP contribution in [0.2, 0.25) is 0 Å². The van der Waals surface area contributed by atoms with Crippen LogP contribution in [-0.4, -0.2) is 42.8 Å². The van der Waals surface area contributed by atoms with Crippen LogP contribution in [-0.2, 0) is 4.79 Å². The Labute approximate surface area is 183 Å². The van der Waals surface area contributed by atoms with Crippen molar-refractivity contribution >= 4 is 35.2 Å². The van der Waals surface area contributed by atoms with Gasteiger partial charge in [0.05, 0.1) is 26.1 Å². The smallest absolute Gasteiger partial charge is 0.248 e. The third kappa shape index (κ3) is 7.69. The van der Waals surface area contributed by atoms with Crippen molar-refractivity contribution in [1.82, 2.24) is 0 Å². The molecule has 0 unspecified atom stereocenters. The summed E-state index contributed by atoms with van der Waals surface area (Å²) in [4.78, 5) is 26.2. The van der Waals surface area contributed by atoms with Gasteiger partial charge in [0.1, 0.15) is 0 Å². The number of ketones is 1. The largest absolute Gasteiger partial charge is 1.00 e. The number of quaternary nitrogens is 1. The van der Waals surface area contributed by atoms with Crippen molar-refractivity contribution in [3.63, 3.8) is 0 Å². The van der Waals surface area contributed by atoms with Crippen LogP contribution in [0, 0.1) is 6.92 Å². The second-order valence-corrected chi connectivity index (χ2v) is 8.32. The molecule has 1 aliphatic rings. The van der Waals surface area contributed by atoms with Gasteiger partial charge in [-0.3, -0.25) is 9.59 Å². The number of amides is 1. The summed E-state index contributed by atoms with van der Waals surface area (Å²) in [6.45, 7) is 5.19. The predicted octanol–water partition coefficient (Wildman–Crippen LogP) is -0.145. The van der Waals surface area contributed by atoms with Gasteiger partial charge >= 0.3 is 0 Å². The monoisotopic (exact) mass is 430 g/mol. The standard InChI is InChI=1S/C23H26N2O2S.ClH/c1-18-5-7-19(8-6-18)9-10-23(27)24-21-4-2-3-20(17-21)22(26)11-12-25-13-15-28-16-14-25;/h2-10,17H,11-16H2,1H3,(H,24,27);1H/b10-9+;. The van der Waals surface area contributed by atoms with Crippen LogP contribution in [0.3, 0.4) is 0 Å². The van der Waals surface area contributed by atoms with Gasteiger partial charge in [-0.1, -0.05) is 42.0 Å². The minimum Gasteiger partial charge on any atom is -1.00 e. The van der Waals surface area contributed by atoms with Gasteiger partial charge < -0.3 is 22.6 Å².